The van der Waals surface area contributed by atoms with Crippen molar-refractivity contribution in [2.75, 3.05) is 26.7 Å². The molecule has 0 aromatic heterocycles. The van der Waals surface area contributed by atoms with E-state index in [-0.39, 0.29) is 11.3 Å². The quantitative estimate of drug-likeness (QED) is 0.738. The van der Waals surface area contributed by atoms with Crippen LogP contribution in [0.4, 0.5) is 0 Å². The molecule has 0 aromatic carbocycles. The molecule has 0 aliphatic carbocycles. The van der Waals surface area contributed by atoms with Gasteiger partial charge in [0.05, 0.1) is 0 Å². The number of rotatable bonds is 4. The van der Waals surface area contributed by atoms with Gasteiger partial charge < -0.3 is 16.0 Å². The SMILES string of the molecule is CN1CCC(NC(=O)CC(C)(C)CN)CC1. The van der Waals surface area contributed by atoms with Gasteiger partial charge in [0.25, 0.3) is 0 Å². The Balaban J connectivity index is 2.29. The first-order chi connectivity index (χ1) is 7.43. The summed E-state index contributed by atoms with van der Waals surface area (Å²) in [6.45, 7) is 6.76. The number of carbonyl (C=O) groups excluding carboxylic acids is 1. The number of piperidine rings is 1. The molecule has 0 radical (unpaired) electrons. The van der Waals surface area contributed by atoms with Crippen molar-refractivity contribution in [3.8, 4) is 0 Å². The van der Waals surface area contributed by atoms with Crippen molar-refractivity contribution in [3.05, 3.63) is 0 Å². The lowest BCUT2D eigenvalue weighted by Gasteiger charge is -2.30. The first-order valence-electron chi connectivity index (χ1n) is 6.11. The highest BCUT2D eigenvalue weighted by Gasteiger charge is 2.23. The summed E-state index contributed by atoms with van der Waals surface area (Å²) in [6, 6.07) is 0.359. The third kappa shape index (κ3) is 4.49. The molecule has 0 unspecified atom stereocenters. The van der Waals surface area contributed by atoms with Crippen LogP contribution in [0, 0.1) is 5.41 Å². The molecule has 0 spiro atoms. The molecule has 16 heavy (non-hydrogen) atoms. The van der Waals surface area contributed by atoms with Gasteiger partial charge in [-0.25, -0.2) is 0 Å². The number of hydrogen-bond acceptors (Lipinski definition) is 3. The second-order valence-corrected chi connectivity index (χ2v) is 5.69. The fraction of sp³-hybridized carbons (Fsp3) is 0.917. The van der Waals surface area contributed by atoms with Crippen LogP contribution in [-0.4, -0.2) is 43.5 Å². The van der Waals surface area contributed by atoms with Gasteiger partial charge in [0.1, 0.15) is 0 Å². The molecule has 0 aromatic rings. The zero-order valence-electron chi connectivity index (χ0n) is 10.8. The summed E-state index contributed by atoms with van der Waals surface area (Å²) >= 11 is 0. The molecule has 3 N–H and O–H groups in total. The van der Waals surface area contributed by atoms with Crippen molar-refractivity contribution >= 4 is 5.91 Å². The zero-order valence-corrected chi connectivity index (χ0v) is 10.8. The number of nitrogens with two attached hydrogens (primary N) is 1. The number of amides is 1. The van der Waals surface area contributed by atoms with Crippen molar-refractivity contribution in [1.82, 2.24) is 10.2 Å². The van der Waals surface area contributed by atoms with Crippen LogP contribution in [0.25, 0.3) is 0 Å². The largest absolute Gasteiger partial charge is 0.353 e. The van der Waals surface area contributed by atoms with Crippen molar-refractivity contribution in [1.29, 1.82) is 0 Å². The highest BCUT2D eigenvalue weighted by atomic mass is 16.1. The van der Waals surface area contributed by atoms with Gasteiger partial charge in [-0.2, -0.15) is 0 Å². The Labute approximate surface area is 98.6 Å². The van der Waals surface area contributed by atoms with Gasteiger partial charge in [0, 0.05) is 12.5 Å². The Bertz CT molecular complexity index is 232. The fourth-order valence-corrected chi connectivity index (χ4v) is 1.94. The Hall–Kier alpha value is -0.610. The lowest BCUT2D eigenvalue weighted by molar-refractivity contribution is -0.123. The van der Waals surface area contributed by atoms with Gasteiger partial charge in [-0.1, -0.05) is 13.8 Å². The molecule has 0 atom stereocenters. The number of likely N-dealkylation sites (tertiary alicyclic amines) is 1. The van der Waals surface area contributed by atoms with E-state index in [2.05, 4.69) is 17.3 Å². The summed E-state index contributed by atoms with van der Waals surface area (Å²) in [6.07, 6.45) is 2.65. The smallest absolute Gasteiger partial charge is 0.220 e. The van der Waals surface area contributed by atoms with Crippen molar-refractivity contribution in [3.63, 3.8) is 0 Å². The van der Waals surface area contributed by atoms with Gasteiger partial charge in [-0.3, -0.25) is 4.79 Å². The molecule has 1 rings (SSSR count). The fourth-order valence-electron chi connectivity index (χ4n) is 1.94. The van der Waals surface area contributed by atoms with E-state index >= 15 is 0 Å². The lowest BCUT2D eigenvalue weighted by Crippen LogP contribution is -2.44. The second-order valence-electron chi connectivity index (χ2n) is 5.69. The monoisotopic (exact) mass is 227 g/mol. The molecule has 4 nitrogen and oxygen atoms in total. The van der Waals surface area contributed by atoms with Gasteiger partial charge >= 0.3 is 0 Å². The van der Waals surface area contributed by atoms with Crippen LogP contribution < -0.4 is 11.1 Å². The van der Waals surface area contributed by atoms with Crippen LogP contribution >= 0.6 is 0 Å². The molecule has 4 heteroatoms. The molecule has 1 heterocycles. The normalized spacial score (nSPS) is 19.8. The maximum atomic E-state index is 11.8. The van der Waals surface area contributed by atoms with E-state index in [0.717, 1.165) is 25.9 Å². The number of nitrogens with zero attached hydrogens (tertiary/aromatic N) is 1. The van der Waals surface area contributed by atoms with E-state index in [9.17, 15) is 4.79 Å². The first kappa shape index (κ1) is 13.5. The van der Waals surface area contributed by atoms with Crippen LogP contribution in [0.1, 0.15) is 33.1 Å². The molecule has 1 aliphatic heterocycles. The highest BCUT2D eigenvalue weighted by Crippen LogP contribution is 2.18. The number of nitrogens with one attached hydrogen (secondary N) is 1. The van der Waals surface area contributed by atoms with Crippen LogP contribution in [-0.2, 0) is 4.79 Å². The minimum atomic E-state index is -0.0878. The summed E-state index contributed by atoms with van der Waals surface area (Å²) in [7, 11) is 2.12. The minimum Gasteiger partial charge on any atom is -0.353 e. The summed E-state index contributed by atoms with van der Waals surface area (Å²) in [5.74, 6) is 0.144. The summed E-state index contributed by atoms with van der Waals surface area (Å²) in [5.41, 5.74) is 5.53. The van der Waals surface area contributed by atoms with Gasteiger partial charge in [0.2, 0.25) is 5.91 Å². The first-order valence-corrected chi connectivity index (χ1v) is 6.11. The molecular weight excluding hydrogens is 202 g/mol. The predicted octanol–water partition coefficient (Wildman–Crippen LogP) is 0.572. The van der Waals surface area contributed by atoms with Crippen LogP contribution in [0.15, 0.2) is 0 Å². The third-order valence-electron chi connectivity index (χ3n) is 3.28. The van der Waals surface area contributed by atoms with Crippen molar-refractivity contribution in [2.45, 2.75) is 39.2 Å². The molecule has 1 fully saturated rings. The van der Waals surface area contributed by atoms with Crippen LogP contribution in [0.2, 0.25) is 0 Å². The summed E-state index contributed by atoms with van der Waals surface area (Å²) < 4.78 is 0. The van der Waals surface area contributed by atoms with Crippen LogP contribution in [0.3, 0.4) is 0 Å². The molecule has 1 saturated heterocycles. The second kappa shape index (κ2) is 5.64. The molecule has 94 valence electrons. The molecule has 1 aliphatic rings. The standard InChI is InChI=1S/C12H25N3O/c1-12(2,9-13)8-11(16)14-10-4-6-15(3)7-5-10/h10H,4-9,13H2,1-3H3,(H,14,16). The van der Waals surface area contributed by atoms with E-state index in [4.69, 9.17) is 5.73 Å². The number of carbonyl (C=O) groups is 1. The molecule has 1 amide bonds. The number of hydrogen-bond donors (Lipinski definition) is 2. The molecule has 0 saturated carbocycles. The Kier molecular flexibility index (Phi) is 4.74. The van der Waals surface area contributed by atoms with Crippen molar-refractivity contribution < 1.29 is 4.79 Å². The molecule has 0 bridgehead atoms. The Morgan fingerprint density at radius 2 is 2.00 bits per heavy atom. The van der Waals surface area contributed by atoms with Crippen LogP contribution in [0.5, 0.6) is 0 Å². The predicted molar refractivity (Wildman–Crippen MR) is 66.1 cm³/mol. The maximum Gasteiger partial charge on any atom is 0.220 e. The summed E-state index contributed by atoms with van der Waals surface area (Å²) in [4.78, 5) is 14.1. The van der Waals surface area contributed by atoms with Gasteiger partial charge in [-0.05, 0) is 44.9 Å². The maximum absolute atomic E-state index is 11.8. The average Bonchev–Trinajstić information content (AvgIpc) is 2.21. The van der Waals surface area contributed by atoms with E-state index in [1.807, 2.05) is 13.8 Å². The Morgan fingerprint density at radius 3 is 2.50 bits per heavy atom. The van der Waals surface area contributed by atoms with Gasteiger partial charge in [0.15, 0.2) is 0 Å². The van der Waals surface area contributed by atoms with Gasteiger partial charge in [-0.15, -0.1) is 0 Å². The minimum absolute atomic E-state index is 0.0878. The highest BCUT2D eigenvalue weighted by molar-refractivity contribution is 5.76. The Morgan fingerprint density at radius 1 is 1.44 bits per heavy atom. The van der Waals surface area contributed by atoms with E-state index < -0.39 is 0 Å². The molecular formula is C12H25N3O. The van der Waals surface area contributed by atoms with E-state index in [0.29, 0.717) is 19.0 Å². The van der Waals surface area contributed by atoms with E-state index in [1.165, 1.54) is 0 Å². The lowest BCUT2D eigenvalue weighted by atomic mass is 9.89. The van der Waals surface area contributed by atoms with Crippen molar-refractivity contribution in [2.24, 2.45) is 11.1 Å². The topological polar surface area (TPSA) is 58.4 Å². The third-order valence-corrected chi connectivity index (χ3v) is 3.28. The summed E-state index contributed by atoms with van der Waals surface area (Å²) in [5, 5.41) is 3.11. The van der Waals surface area contributed by atoms with E-state index in [1.54, 1.807) is 0 Å². The zero-order chi connectivity index (χ0) is 12.2. The average molecular weight is 227 g/mol.